The molecule has 4 heterocycles. The van der Waals surface area contributed by atoms with Gasteiger partial charge in [-0.25, -0.2) is 4.79 Å². The van der Waals surface area contributed by atoms with Crippen molar-refractivity contribution in [3.63, 3.8) is 0 Å². The molecule has 0 saturated carbocycles. The van der Waals surface area contributed by atoms with Crippen LogP contribution in [0.5, 0.6) is 0 Å². The number of morpholine rings is 1. The molecule has 3 atom stereocenters. The third-order valence-corrected chi connectivity index (χ3v) is 9.00. The second-order valence-electron chi connectivity index (χ2n) is 12.4. The molecule has 6 rings (SSSR count). The van der Waals surface area contributed by atoms with E-state index in [0.717, 1.165) is 51.1 Å². The number of nitrogens with one attached hydrogen (secondary N) is 2. The topological polar surface area (TPSA) is 119 Å². The highest BCUT2D eigenvalue weighted by Gasteiger charge is 2.32. The van der Waals surface area contributed by atoms with Crippen molar-refractivity contribution < 1.29 is 14.3 Å². The van der Waals surface area contributed by atoms with Gasteiger partial charge in [0.25, 0.3) is 5.91 Å². The van der Waals surface area contributed by atoms with E-state index in [0.29, 0.717) is 60.0 Å². The molecule has 12 heteroatoms. The lowest BCUT2D eigenvalue weighted by Crippen LogP contribution is -2.47. The van der Waals surface area contributed by atoms with Gasteiger partial charge in [-0.2, -0.15) is 15.0 Å². The number of ether oxygens (including phenoxy) is 1. The minimum atomic E-state index is -0.371. The molecule has 45 heavy (non-hydrogen) atoms. The van der Waals surface area contributed by atoms with E-state index >= 15 is 0 Å². The van der Waals surface area contributed by atoms with Crippen LogP contribution in [0, 0.1) is 0 Å². The molecule has 2 N–H and O–H groups in total. The van der Waals surface area contributed by atoms with E-state index in [1.807, 2.05) is 29.2 Å². The normalized spacial score (nSPS) is 22.4. The van der Waals surface area contributed by atoms with E-state index in [9.17, 15) is 9.59 Å². The van der Waals surface area contributed by atoms with E-state index in [2.05, 4.69) is 53.2 Å². The van der Waals surface area contributed by atoms with Crippen LogP contribution in [0.25, 0.3) is 11.4 Å². The smallest absolute Gasteiger partial charge is 0.323 e. The number of benzene rings is 2. The number of urea groups is 1. The summed E-state index contributed by atoms with van der Waals surface area (Å²) in [6.07, 6.45) is 2.21. The number of rotatable bonds is 6. The third-order valence-electron chi connectivity index (χ3n) is 9.00. The molecule has 3 aliphatic rings. The highest BCUT2D eigenvalue weighted by atomic mass is 16.5. The Hall–Kier alpha value is -4.29. The van der Waals surface area contributed by atoms with Gasteiger partial charge in [0.1, 0.15) is 0 Å². The molecule has 2 aromatic carbocycles. The summed E-state index contributed by atoms with van der Waals surface area (Å²) in [6, 6.07) is 15.0. The van der Waals surface area contributed by atoms with Crippen LogP contribution in [0.15, 0.2) is 48.5 Å². The Kier molecular flexibility index (Phi) is 9.13. The summed E-state index contributed by atoms with van der Waals surface area (Å²) in [5.74, 6) is 1.97. The average Bonchev–Trinajstić information content (AvgIpc) is 3.39. The van der Waals surface area contributed by atoms with Crippen molar-refractivity contribution in [3.8, 4) is 11.4 Å². The molecule has 0 spiro atoms. The maximum atomic E-state index is 12.8. The molecule has 0 aliphatic carbocycles. The van der Waals surface area contributed by atoms with Gasteiger partial charge in [-0.3, -0.25) is 4.79 Å². The molecule has 1 aromatic heterocycles. The van der Waals surface area contributed by atoms with Gasteiger partial charge in [0.15, 0.2) is 5.82 Å². The van der Waals surface area contributed by atoms with Crippen LogP contribution in [0.2, 0.25) is 0 Å². The molecular weight excluding hydrogens is 570 g/mol. The Balaban J connectivity index is 1.13. The predicted molar refractivity (Wildman–Crippen MR) is 176 cm³/mol. The SMILES string of the molecule is CC1COCCN1c1nc(-c2ccc(NC(=O)Nc3ccc(C(=O)N4CCN(C)CC4)cc3)cc2)nc(N2[C@H](C)CC[C@@H]2C)n1. The molecule has 3 aromatic rings. The van der Waals surface area contributed by atoms with Crippen LogP contribution in [0.4, 0.5) is 28.1 Å². The molecule has 3 fully saturated rings. The van der Waals surface area contributed by atoms with Crippen molar-refractivity contribution in [1.29, 1.82) is 0 Å². The van der Waals surface area contributed by atoms with E-state index < -0.39 is 0 Å². The number of amides is 3. The summed E-state index contributed by atoms with van der Waals surface area (Å²) in [5, 5.41) is 5.73. The van der Waals surface area contributed by atoms with E-state index in [-0.39, 0.29) is 18.0 Å². The Morgan fingerprint density at radius 3 is 1.98 bits per heavy atom. The quantitative estimate of drug-likeness (QED) is 0.422. The first-order valence-corrected chi connectivity index (χ1v) is 15.9. The zero-order valence-corrected chi connectivity index (χ0v) is 26.6. The molecular formula is C33H43N9O3. The van der Waals surface area contributed by atoms with Gasteiger partial charge in [0, 0.05) is 67.3 Å². The molecule has 3 amide bonds. The first-order chi connectivity index (χ1) is 21.7. The van der Waals surface area contributed by atoms with Gasteiger partial charge < -0.3 is 35.0 Å². The van der Waals surface area contributed by atoms with Crippen LogP contribution >= 0.6 is 0 Å². The zero-order chi connectivity index (χ0) is 31.5. The maximum Gasteiger partial charge on any atom is 0.323 e. The zero-order valence-electron chi connectivity index (χ0n) is 26.6. The number of carbonyl (C=O) groups is 2. The Labute approximate surface area is 264 Å². The lowest BCUT2D eigenvalue weighted by atomic mass is 10.1. The van der Waals surface area contributed by atoms with Gasteiger partial charge >= 0.3 is 6.03 Å². The molecule has 3 aliphatic heterocycles. The van der Waals surface area contributed by atoms with Crippen LogP contribution in [0.1, 0.15) is 44.0 Å². The highest BCUT2D eigenvalue weighted by Crippen LogP contribution is 2.31. The number of likely N-dealkylation sites (N-methyl/N-ethyl adjacent to an activating group) is 1. The lowest BCUT2D eigenvalue weighted by Gasteiger charge is -2.34. The van der Waals surface area contributed by atoms with E-state index in [4.69, 9.17) is 19.7 Å². The summed E-state index contributed by atoms with van der Waals surface area (Å²) in [7, 11) is 2.06. The summed E-state index contributed by atoms with van der Waals surface area (Å²) < 4.78 is 5.66. The van der Waals surface area contributed by atoms with Gasteiger partial charge in [0.05, 0.1) is 19.3 Å². The largest absolute Gasteiger partial charge is 0.377 e. The maximum absolute atomic E-state index is 12.8. The van der Waals surface area contributed by atoms with Gasteiger partial charge in [-0.15, -0.1) is 0 Å². The van der Waals surface area contributed by atoms with Gasteiger partial charge in [-0.05, 0) is 89.2 Å². The number of piperazine rings is 1. The molecule has 3 saturated heterocycles. The Morgan fingerprint density at radius 2 is 1.36 bits per heavy atom. The van der Waals surface area contributed by atoms with Gasteiger partial charge in [0.2, 0.25) is 11.9 Å². The van der Waals surface area contributed by atoms with Crippen molar-refractivity contribution in [2.45, 2.75) is 51.7 Å². The lowest BCUT2D eigenvalue weighted by molar-refractivity contribution is 0.0664. The summed E-state index contributed by atoms with van der Waals surface area (Å²) in [6.45, 7) is 11.7. The molecule has 0 radical (unpaired) electrons. The van der Waals surface area contributed by atoms with Crippen molar-refractivity contribution >= 4 is 35.2 Å². The minimum absolute atomic E-state index is 0.0144. The second-order valence-corrected chi connectivity index (χ2v) is 12.4. The number of anilines is 4. The third kappa shape index (κ3) is 7.02. The Morgan fingerprint density at radius 1 is 0.756 bits per heavy atom. The average molecular weight is 614 g/mol. The van der Waals surface area contributed by atoms with Crippen LogP contribution < -0.4 is 20.4 Å². The first kappa shape index (κ1) is 30.7. The minimum Gasteiger partial charge on any atom is -0.377 e. The fourth-order valence-corrected chi connectivity index (χ4v) is 6.22. The molecule has 12 nitrogen and oxygen atoms in total. The summed E-state index contributed by atoms with van der Waals surface area (Å²) in [4.78, 5) is 48.9. The van der Waals surface area contributed by atoms with Crippen molar-refractivity contribution in [3.05, 3.63) is 54.1 Å². The highest BCUT2D eigenvalue weighted by molar-refractivity contribution is 6.00. The Bertz CT molecular complexity index is 1480. The van der Waals surface area contributed by atoms with Crippen molar-refractivity contribution in [1.82, 2.24) is 24.8 Å². The number of nitrogens with zero attached hydrogens (tertiary/aromatic N) is 7. The predicted octanol–water partition coefficient (Wildman–Crippen LogP) is 4.17. The second kappa shape index (κ2) is 13.4. The van der Waals surface area contributed by atoms with E-state index in [1.165, 1.54) is 0 Å². The summed E-state index contributed by atoms with van der Waals surface area (Å²) in [5.41, 5.74) is 2.69. The summed E-state index contributed by atoms with van der Waals surface area (Å²) >= 11 is 0. The molecule has 238 valence electrons. The number of hydrogen-bond donors (Lipinski definition) is 2. The molecule has 0 bridgehead atoms. The van der Waals surface area contributed by atoms with E-state index in [1.54, 1.807) is 24.3 Å². The number of hydrogen-bond acceptors (Lipinski definition) is 9. The fourth-order valence-electron chi connectivity index (χ4n) is 6.22. The van der Waals surface area contributed by atoms with Gasteiger partial charge in [-0.1, -0.05) is 0 Å². The van der Waals surface area contributed by atoms with Crippen LogP contribution in [0.3, 0.4) is 0 Å². The van der Waals surface area contributed by atoms with Crippen molar-refractivity contribution in [2.75, 3.05) is 73.4 Å². The van der Waals surface area contributed by atoms with Crippen LogP contribution in [-0.4, -0.2) is 108 Å². The molecule has 1 unspecified atom stereocenters. The standard InChI is InChI=1S/C33H43N9O3/c1-22-5-6-23(2)42(22)32-37-29(36-31(38-32)41-19-20-45-21-24(41)3)25-7-11-27(12-8-25)34-33(44)35-28-13-9-26(10-14-28)30(43)40-17-15-39(4)16-18-40/h7-14,22-24H,5-6,15-21H2,1-4H3,(H2,34,35,44)/t22-,23+,24?. The fraction of sp³-hybridized carbons (Fsp3) is 0.485. The number of carbonyl (C=O) groups excluding carboxylic acids is 2. The first-order valence-electron chi connectivity index (χ1n) is 15.9. The number of aromatic nitrogens is 3. The van der Waals surface area contributed by atoms with Crippen LogP contribution in [-0.2, 0) is 4.74 Å². The van der Waals surface area contributed by atoms with Crippen molar-refractivity contribution in [2.24, 2.45) is 0 Å². The monoisotopic (exact) mass is 613 g/mol.